The summed E-state index contributed by atoms with van der Waals surface area (Å²) in [6.07, 6.45) is -0.817. The van der Waals surface area contributed by atoms with Gasteiger partial charge in [0, 0.05) is 12.2 Å². The van der Waals surface area contributed by atoms with Crippen LogP contribution in [0.3, 0.4) is 0 Å². The maximum Gasteiger partial charge on any atom is 0.550 e. The summed E-state index contributed by atoms with van der Waals surface area (Å²) in [6, 6.07) is 0. The van der Waals surface area contributed by atoms with Gasteiger partial charge in [0.05, 0.1) is 0 Å². The van der Waals surface area contributed by atoms with E-state index in [2.05, 4.69) is 41.9 Å². The number of hydrogen-bond acceptors (Lipinski definition) is 10. The van der Waals surface area contributed by atoms with Gasteiger partial charge in [-0.3, -0.25) is 0 Å². The van der Waals surface area contributed by atoms with E-state index >= 15 is 0 Å². The van der Waals surface area contributed by atoms with Crippen molar-refractivity contribution in [1.29, 1.82) is 0 Å². The highest BCUT2D eigenvalue weighted by Gasteiger charge is 2.12. The third kappa shape index (κ3) is 10.8. The standard InChI is InChI=1S/C12H14O10/c1-3-9(13)17-5-7-19-11(15)21-22-12(16)20-8-6-18-10(14)4-2/h3-4H,1-2,5-8H2. The minimum atomic E-state index is -1.34. The summed E-state index contributed by atoms with van der Waals surface area (Å²) < 4.78 is 17.7. The smallest absolute Gasteiger partial charge is 0.459 e. The fourth-order valence-corrected chi connectivity index (χ4v) is 0.769. The SMILES string of the molecule is C=CC(=O)OCCOC(=O)OOC(=O)OCCOC(=O)C=C. The predicted molar refractivity (Wildman–Crippen MR) is 67.2 cm³/mol. The number of ether oxygens (including phenoxy) is 4. The molecule has 0 heterocycles. The lowest BCUT2D eigenvalue weighted by atomic mass is 10.6. The summed E-state index contributed by atoms with van der Waals surface area (Å²) in [6.45, 7) is 5.25. The van der Waals surface area contributed by atoms with E-state index in [0.717, 1.165) is 12.2 Å². The molecule has 0 spiro atoms. The zero-order chi connectivity index (χ0) is 16.8. The summed E-state index contributed by atoms with van der Waals surface area (Å²) in [7, 11) is 0. The zero-order valence-electron chi connectivity index (χ0n) is 11.5. The fourth-order valence-electron chi connectivity index (χ4n) is 0.769. The van der Waals surface area contributed by atoms with E-state index in [0.29, 0.717) is 0 Å². The molecule has 0 atom stereocenters. The maximum absolute atomic E-state index is 10.9. The van der Waals surface area contributed by atoms with E-state index in [-0.39, 0.29) is 26.4 Å². The van der Waals surface area contributed by atoms with Gasteiger partial charge in [0.15, 0.2) is 0 Å². The number of rotatable bonds is 8. The second kappa shape index (κ2) is 11.8. The molecule has 0 aliphatic rings. The van der Waals surface area contributed by atoms with Gasteiger partial charge in [-0.05, 0) is 0 Å². The lowest BCUT2D eigenvalue weighted by Gasteiger charge is -2.05. The molecule has 0 radical (unpaired) electrons. The summed E-state index contributed by atoms with van der Waals surface area (Å²) in [5.74, 6) is -1.37. The highest BCUT2D eigenvalue weighted by molar-refractivity contribution is 5.81. The van der Waals surface area contributed by atoms with Crippen LogP contribution in [0.2, 0.25) is 0 Å². The molecule has 0 aromatic carbocycles. The van der Waals surface area contributed by atoms with Crippen molar-refractivity contribution in [1.82, 2.24) is 0 Å². The Morgan fingerprint density at radius 1 is 0.636 bits per heavy atom. The summed E-state index contributed by atoms with van der Waals surface area (Å²) in [4.78, 5) is 50.9. The van der Waals surface area contributed by atoms with Crippen molar-refractivity contribution in [2.75, 3.05) is 26.4 Å². The first kappa shape index (κ1) is 19.0. The first-order valence-corrected chi connectivity index (χ1v) is 5.76. The van der Waals surface area contributed by atoms with Crippen molar-refractivity contribution >= 4 is 24.2 Å². The van der Waals surface area contributed by atoms with Gasteiger partial charge >= 0.3 is 24.2 Å². The van der Waals surface area contributed by atoms with Crippen LogP contribution in [-0.4, -0.2) is 50.7 Å². The van der Waals surface area contributed by atoms with E-state index in [1.165, 1.54) is 0 Å². The molecule has 0 saturated carbocycles. The predicted octanol–water partition coefficient (Wildman–Crippen LogP) is 0.666. The number of carbonyl (C=O) groups excluding carboxylic acids is 4. The maximum atomic E-state index is 10.9. The second-order valence-corrected chi connectivity index (χ2v) is 3.11. The molecule has 0 amide bonds. The number of carbonyl (C=O) groups is 4. The second-order valence-electron chi connectivity index (χ2n) is 3.11. The summed E-state index contributed by atoms with van der Waals surface area (Å²) in [5.41, 5.74) is 0. The van der Waals surface area contributed by atoms with E-state index in [4.69, 9.17) is 0 Å². The average Bonchev–Trinajstić information content (AvgIpc) is 2.52. The van der Waals surface area contributed by atoms with Crippen LogP contribution in [0.5, 0.6) is 0 Å². The monoisotopic (exact) mass is 318 g/mol. The molecule has 0 rings (SSSR count). The Hall–Kier alpha value is -3.04. The largest absolute Gasteiger partial charge is 0.550 e. The van der Waals surface area contributed by atoms with Crippen molar-refractivity contribution in [3.63, 3.8) is 0 Å². The molecule has 10 nitrogen and oxygen atoms in total. The molecule has 0 unspecified atom stereocenters. The van der Waals surface area contributed by atoms with E-state index in [9.17, 15) is 19.2 Å². The van der Waals surface area contributed by atoms with Crippen LogP contribution in [0, 0.1) is 0 Å². The Kier molecular flexibility index (Phi) is 10.1. The lowest BCUT2D eigenvalue weighted by molar-refractivity contribution is -0.219. The van der Waals surface area contributed by atoms with Crippen molar-refractivity contribution in [3.8, 4) is 0 Å². The van der Waals surface area contributed by atoms with Crippen molar-refractivity contribution in [2.45, 2.75) is 0 Å². The molecule has 22 heavy (non-hydrogen) atoms. The van der Waals surface area contributed by atoms with Gasteiger partial charge in [-0.1, -0.05) is 13.2 Å². The number of esters is 2. The van der Waals surface area contributed by atoms with Crippen LogP contribution in [0.15, 0.2) is 25.3 Å². The minimum absolute atomic E-state index is 0.223. The third-order valence-electron chi connectivity index (χ3n) is 1.61. The first-order chi connectivity index (χ1) is 10.5. The highest BCUT2D eigenvalue weighted by Crippen LogP contribution is 1.92. The van der Waals surface area contributed by atoms with Gasteiger partial charge in [-0.15, -0.1) is 0 Å². The highest BCUT2D eigenvalue weighted by atomic mass is 17.3. The van der Waals surface area contributed by atoms with Crippen LogP contribution in [0.25, 0.3) is 0 Å². The lowest BCUT2D eigenvalue weighted by Crippen LogP contribution is -2.18. The van der Waals surface area contributed by atoms with Gasteiger partial charge < -0.3 is 18.9 Å². The van der Waals surface area contributed by atoms with Crippen LogP contribution >= 0.6 is 0 Å². The molecular formula is C12H14O10. The van der Waals surface area contributed by atoms with Gasteiger partial charge in [-0.2, -0.15) is 19.4 Å². The molecule has 0 aliphatic heterocycles. The Balaban J connectivity index is 3.58. The Morgan fingerprint density at radius 3 is 1.27 bits per heavy atom. The molecule has 0 fully saturated rings. The Labute approximate surface area is 125 Å². The van der Waals surface area contributed by atoms with Crippen LogP contribution in [-0.2, 0) is 38.3 Å². The third-order valence-corrected chi connectivity index (χ3v) is 1.61. The van der Waals surface area contributed by atoms with Crippen LogP contribution in [0.1, 0.15) is 0 Å². The summed E-state index contributed by atoms with van der Waals surface area (Å²) in [5, 5.41) is 0. The van der Waals surface area contributed by atoms with Gasteiger partial charge in [0.25, 0.3) is 0 Å². The molecule has 0 aromatic heterocycles. The topological polar surface area (TPSA) is 124 Å². The minimum Gasteiger partial charge on any atom is -0.459 e. The van der Waals surface area contributed by atoms with Crippen molar-refractivity contribution in [3.05, 3.63) is 25.3 Å². The first-order valence-electron chi connectivity index (χ1n) is 5.76. The fraction of sp³-hybridized carbons (Fsp3) is 0.333. The normalized spacial score (nSPS) is 8.91. The molecular weight excluding hydrogens is 304 g/mol. The molecule has 0 bridgehead atoms. The molecule has 0 N–H and O–H groups in total. The molecule has 10 heteroatoms. The van der Waals surface area contributed by atoms with E-state index in [1.807, 2.05) is 0 Å². The van der Waals surface area contributed by atoms with E-state index < -0.39 is 24.2 Å². The van der Waals surface area contributed by atoms with Crippen LogP contribution < -0.4 is 0 Å². The van der Waals surface area contributed by atoms with Gasteiger partial charge in [0.2, 0.25) is 0 Å². The van der Waals surface area contributed by atoms with Gasteiger partial charge in [0.1, 0.15) is 26.4 Å². The Morgan fingerprint density at radius 2 is 0.955 bits per heavy atom. The van der Waals surface area contributed by atoms with E-state index in [1.54, 1.807) is 0 Å². The summed E-state index contributed by atoms with van der Waals surface area (Å²) >= 11 is 0. The molecule has 122 valence electrons. The molecule has 0 aliphatic carbocycles. The molecule has 0 saturated heterocycles. The van der Waals surface area contributed by atoms with Crippen LogP contribution in [0.4, 0.5) is 9.59 Å². The van der Waals surface area contributed by atoms with Crippen molar-refractivity contribution < 1.29 is 47.9 Å². The average molecular weight is 318 g/mol. The zero-order valence-corrected chi connectivity index (χ0v) is 11.5. The van der Waals surface area contributed by atoms with Gasteiger partial charge in [-0.25, -0.2) is 9.59 Å². The quantitative estimate of drug-likeness (QED) is 0.157. The molecule has 0 aromatic rings. The van der Waals surface area contributed by atoms with Crippen molar-refractivity contribution in [2.24, 2.45) is 0 Å². The Bertz CT molecular complexity index is 388. The number of hydrogen-bond donors (Lipinski definition) is 0.